The van der Waals surface area contributed by atoms with Gasteiger partial charge in [-0.3, -0.25) is 9.59 Å². The third-order valence-corrected chi connectivity index (χ3v) is 4.06. The number of carbonyl (C=O) groups is 2. The lowest BCUT2D eigenvalue weighted by Gasteiger charge is -2.14. The number of hydrogen-bond donors (Lipinski definition) is 0. The van der Waals surface area contributed by atoms with Crippen molar-refractivity contribution in [3.8, 4) is 0 Å². The summed E-state index contributed by atoms with van der Waals surface area (Å²) in [5.74, 6) is 0.434. The van der Waals surface area contributed by atoms with Crippen molar-refractivity contribution in [2.24, 2.45) is 0 Å². The van der Waals surface area contributed by atoms with Crippen LogP contribution in [0.1, 0.15) is 20.8 Å². The summed E-state index contributed by atoms with van der Waals surface area (Å²) in [5, 5.41) is -0.176. The van der Waals surface area contributed by atoms with E-state index in [-0.39, 0.29) is 15.7 Å². The molecule has 0 saturated heterocycles. The van der Waals surface area contributed by atoms with Gasteiger partial charge in [-0.1, -0.05) is 36.7 Å². The van der Waals surface area contributed by atoms with Gasteiger partial charge in [0.15, 0.2) is 0 Å². The molecule has 17 heavy (non-hydrogen) atoms. The molecule has 0 fully saturated rings. The average molecular weight is 274 g/mol. The minimum Gasteiger partial charge on any atom is -0.367 e. The molecule has 0 amide bonds. The van der Waals surface area contributed by atoms with Crippen LogP contribution in [0.4, 0.5) is 0 Å². The first-order valence-corrected chi connectivity index (χ1v) is 7.05. The number of thioether (sulfide) groups is 2. The summed E-state index contributed by atoms with van der Waals surface area (Å²) < 4.78 is 5.39. The molecule has 96 valence electrons. The Balaban J connectivity index is 4.24. The zero-order valence-corrected chi connectivity index (χ0v) is 12.1. The molecule has 0 radical (unpaired) electrons. The van der Waals surface area contributed by atoms with E-state index in [2.05, 4.69) is 13.2 Å². The van der Waals surface area contributed by atoms with Crippen molar-refractivity contribution in [1.29, 1.82) is 0 Å². The van der Waals surface area contributed by atoms with E-state index in [0.717, 1.165) is 23.5 Å². The lowest BCUT2D eigenvalue weighted by atomic mass is 10.4. The lowest BCUT2D eigenvalue weighted by molar-refractivity contribution is -0.108. The molecule has 1 atom stereocenters. The van der Waals surface area contributed by atoms with Crippen molar-refractivity contribution in [2.45, 2.75) is 26.2 Å². The summed E-state index contributed by atoms with van der Waals surface area (Å²) in [6.07, 6.45) is 0. The fourth-order valence-electron chi connectivity index (χ4n) is 0.789. The standard InChI is InChI=1S/C12H18O3S2/c1-6-15-10(17-12(14)9(4)5)7-16-11(13)8(2)3/h10H,2,4,6-7H2,1,3,5H3. The van der Waals surface area contributed by atoms with E-state index in [4.69, 9.17) is 4.74 Å². The van der Waals surface area contributed by atoms with Crippen molar-refractivity contribution in [3.63, 3.8) is 0 Å². The molecule has 3 nitrogen and oxygen atoms in total. The fraction of sp³-hybridized carbons (Fsp3) is 0.500. The van der Waals surface area contributed by atoms with E-state index in [1.807, 2.05) is 6.92 Å². The van der Waals surface area contributed by atoms with Gasteiger partial charge in [0.2, 0.25) is 10.2 Å². The molecule has 0 heterocycles. The van der Waals surface area contributed by atoms with E-state index >= 15 is 0 Å². The van der Waals surface area contributed by atoms with Gasteiger partial charge in [0.1, 0.15) is 5.44 Å². The highest BCUT2D eigenvalue weighted by molar-refractivity contribution is 8.17. The Bertz CT molecular complexity index is 324. The largest absolute Gasteiger partial charge is 0.367 e. The Morgan fingerprint density at radius 1 is 1.18 bits per heavy atom. The van der Waals surface area contributed by atoms with Gasteiger partial charge in [-0.15, -0.1) is 0 Å². The highest BCUT2D eigenvalue weighted by Crippen LogP contribution is 2.22. The lowest BCUT2D eigenvalue weighted by Crippen LogP contribution is -2.16. The monoisotopic (exact) mass is 274 g/mol. The van der Waals surface area contributed by atoms with Crippen LogP contribution >= 0.6 is 23.5 Å². The van der Waals surface area contributed by atoms with Gasteiger partial charge in [-0.25, -0.2) is 0 Å². The number of hydrogen-bond acceptors (Lipinski definition) is 5. The van der Waals surface area contributed by atoms with Gasteiger partial charge < -0.3 is 4.74 Å². The Hall–Kier alpha value is -0.520. The maximum Gasteiger partial charge on any atom is 0.216 e. The molecule has 0 rings (SSSR count). The zero-order valence-electron chi connectivity index (χ0n) is 10.4. The number of rotatable bonds is 7. The summed E-state index contributed by atoms with van der Waals surface area (Å²) in [6.45, 7) is 12.8. The molecule has 0 aromatic heterocycles. The first-order chi connectivity index (χ1) is 7.88. The van der Waals surface area contributed by atoms with E-state index in [1.54, 1.807) is 13.8 Å². The Kier molecular flexibility index (Phi) is 8.29. The summed E-state index contributed by atoms with van der Waals surface area (Å²) in [7, 11) is 0. The SMILES string of the molecule is C=C(C)C(=O)SCC(OCC)SC(=O)C(=C)C. The van der Waals surface area contributed by atoms with E-state index in [0.29, 0.717) is 23.5 Å². The molecule has 0 aromatic rings. The molecule has 5 heteroatoms. The second-order valence-electron chi connectivity index (χ2n) is 3.45. The summed E-state index contributed by atoms with van der Waals surface area (Å²) in [6, 6.07) is 0. The second kappa shape index (κ2) is 8.55. The molecule has 1 unspecified atom stereocenters. The Labute approximate surface area is 111 Å². The second-order valence-corrected chi connectivity index (χ2v) is 5.57. The fourth-order valence-corrected chi connectivity index (χ4v) is 2.54. The molecular weight excluding hydrogens is 256 g/mol. The number of carbonyl (C=O) groups excluding carboxylic acids is 2. The van der Waals surface area contributed by atoms with E-state index in [9.17, 15) is 9.59 Å². The van der Waals surface area contributed by atoms with Gasteiger partial charge in [-0.2, -0.15) is 0 Å². The molecule has 0 N–H and O–H groups in total. The predicted molar refractivity (Wildman–Crippen MR) is 75.1 cm³/mol. The molecule has 0 aliphatic rings. The van der Waals surface area contributed by atoms with Gasteiger partial charge in [0.05, 0.1) is 0 Å². The first-order valence-electron chi connectivity index (χ1n) is 5.19. The van der Waals surface area contributed by atoms with Crippen LogP contribution in [0, 0.1) is 0 Å². The normalized spacial score (nSPS) is 11.9. The maximum atomic E-state index is 11.5. The highest BCUT2D eigenvalue weighted by atomic mass is 32.2. The van der Waals surface area contributed by atoms with Crippen molar-refractivity contribution >= 4 is 33.8 Å². The molecule has 0 saturated carbocycles. The van der Waals surface area contributed by atoms with E-state index < -0.39 is 0 Å². The van der Waals surface area contributed by atoms with Crippen molar-refractivity contribution in [3.05, 3.63) is 24.3 Å². The Morgan fingerprint density at radius 2 is 1.71 bits per heavy atom. The highest BCUT2D eigenvalue weighted by Gasteiger charge is 2.17. The van der Waals surface area contributed by atoms with Crippen molar-refractivity contribution in [1.82, 2.24) is 0 Å². The van der Waals surface area contributed by atoms with Crippen LogP contribution in [0.5, 0.6) is 0 Å². The van der Waals surface area contributed by atoms with Crippen LogP contribution in [0.2, 0.25) is 0 Å². The molecule has 0 aromatic carbocycles. The zero-order chi connectivity index (χ0) is 13.4. The third kappa shape index (κ3) is 7.41. The quantitative estimate of drug-likeness (QED) is 0.527. The smallest absolute Gasteiger partial charge is 0.216 e. The summed E-state index contributed by atoms with van der Waals surface area (Å²) in [5.41, 5.74) is 0.662. The van der Waals surface area contributed by atoms with E-state index in [1.165, 1.54) is 0 Å². The van der Waals surface area contributed by atoms with Gasteiger partial charge in [-0.05, 0) is 31.9 Å². The van der Waals surface area contributed by atoms with Gasteiger partial charge in [0, 0.05) is 12.4 Å². The van der Waals surface area contributed by atoms with Crippen LogP contribution < -0.4 is 0 Å². The van der Waals surface area contributed by atoms with Crippen LogP contribution in [0.25, 0.3) is 0 Å². The van der Waals surface area contributed by atoms with Crippen LogP contribution in [0.3, 0.4) is 0 Å². The maximum absolute atomic E-state index is 11.5. The van der Waals surface area contributed by atoms with Crippen molar-refractivity contribution in [2.75, 3.05) is 12.4 Å². The van der Waals surface area contributed by atoms with Crippen LogP contribution in [-0.2, 0) is 14.3 Å². The number of ether oxygens (including phenoxy) is 1. The third-order valence-electron chi connectivity index (χ3n) is 1.64. The van der Waals surface area contributed by atoms with Gasteiger partial charge >= 0.3 is 0 Å². The molecule has 0 aliphatic carbocycles. The van der Waals surface area contributed by atoms with Gasteiger partial charge in [0.25, 0.3) is 0 Å². The van der Waals surface area contributed by atoms with Crippen LogP contribution in [0.15, 0.2) is 24.3 Å². The molecule has 0 spiro atoms. The van der Waals surface area contributed by atoms with Crippen molar-refractivity contribution < 1.29 is 14.3 Å². The average Bonchev–Trinajstić information content (AvgIpc) is 2.25. The minimum atomic E-state index is -0.322. The molecular formula is C12H18O3S2. The topological polar surface area (TPSA) is 43.4 Å². The summed E-state index contributed by atoms with van der Waals surface area (Å²) >= 11 is 2.19. The summed E-state index contributed by atoms with van der Waals surface area (Å²) in [4.78, 5) is 22.8. The molecule has 0 bridgehead atoms. The predicted octanol–water partition coefficient (Wildman–Crippen LogP) is 3.02. The Morgan fingerprint density at radius 3 is 2.12 bits per heavy atom. The first kappa shape index (κ1) is 16.5. The molecule has 0 aliphatic heterocycles. The van der Waals surface area contributed by atoms with Crippen LogP contribution in [-0.4, -0.2) is 28.0 Å². The minimum absolute atomic E-state index is 0.0712.